The van der Waals surface area contributed by atoms with E-state index in [9.17, 15) is 0 Å². The first-order valence-corrected chi connectivity index (χ1v) is 12.8. The summed E-state index contributed by atoms with van der Waals surface area (Å²) in [6, 6.07) is 28.8. The smallest absolute Gasteiger partial charge is 0.224 e. The molecule has 3 aromatic rings. The zero-order chi connectivity index (χ0) is 25.3. The lowest BCUT2D eigenvalue weighted by Gasteiger charge is -2.43. The summed E-state index contributed by atoms with van der Waals surface area (Å²) < 4.78 is 37.6. The molecule has 0 aliphatic carbocycles. The maximum absolute atomic E-state index is 6.51. The van der Waals surface area contributed by atoms with Crippen molar-refractivity contribution in [3.8, 4) is 11.1 Å². The van der Waals surface area contributed by atoms with Gasteiger partial charge in [0.1, 0.15) is 24.9 Å². The maximum atomic E-state index is 6.51. The summed E-state index contributed by atoms with van der Waals surface area (Å²) in [7, 11) is 0. The van der Waals surface area contributed by atoms with Gasteiger partial charge in [-0.15, -0.1) is 0 Å². The Labute approximate surface area is 217 Å². The van der Waals surface area contributed by atoms with Gasteiger partial charge >= 0.3 is 0 Å². The summed E-state index contributed by atoms with van der Waals surface area (Å²) in [5, 5.41) is 0. The van der Waals surface area contributed by atoms with Crippen molar-refractivity contribution in [2.75, 3.05) is 13.2 Å². The minimum atomic E-state index is -1.06. The van der Waals surface area contributed by atoms with Crippen LogP contribution in [0.5, 0.6) is 0 Å². The van der Waals surface area contributed by atoms with Gasteiger partial charge in [0.05, 0.1) is 13.2 Å². The number of rotatable bonds is 6. The van der Waals surface area contributed by atoms with Crippen LogP contribution in [-0.2, 0) is 35.0 Å². The normalized spacial score (nSPS) is 30.6. The monoisotopic (exact) mass is 500 g/mol. The fourth-order valence-corrected chi connectivity index (χ4v) is 5.12. The molecular weight excluding hydrogens is 468 g/mol. The molecule has 3 saturated heterocycles. The molecule has 0 bridgehead atoms. The third kappa shape index (κ3) is 5.27. The first kappa shape index (κ1) is 24.5. The summed E-state index contributed by atoms with van der Waals surface area (Å²) >= 11 is 0. The molecule has 37 heavy (non-hydrogen) atoms. The van der Waals surface area contributed by atoms with E-state index in [0.29, 0.717) is 13.2 Å². The molecule has 5 atom stereocenters. The van der Waals surface area contributed by atoms with Crippen LogP contribution in [0.4, 0.5) is 0 Å². The number of benzene rings is 3. The van der Waals surface area contributed by atoms with Gasteiger partial charge in [-0.25, -0.2) is 0 Å². The van der Waals surface area contributed by atoms with Gasteiger partial charge in [-0.05, 0) is 42.2 Å². The third-order valence-corrected chi connectivity index (χ3v) is 6.97. The Morgan fingerprint density at radius 1 is 0.838 bits per heavy atom. The van der Waals surface area contributed by atoms with Crippen LogP contribution in [0, 0.1) is 0 Å². The Bertz CT molecular complexity index is 1210. The Hall–Kier alpha value is -2.84. The molecule has 3 aliphatic heterocycles. The van der Waals surface area contributed by atoms with E-state index in [-0.39, 0.29) is 18.8 Å². The summed E-state index contributed by atoms with van der Waals surface area (Å²) in [6.45, 7) is 4.74. The van der Waals surface area contributed by atoms with Crippen molar-refractivity contribution in [3.05, 3.63) is 102 Å². The highest BCUT2D eigenvalue weighted by atomic mass is 16.9. The highest BCUT2D eigenvalue weighted by molar-refractivity contribution is 5.63. The number of hydrogen-bond donors (Lipinski definition) is 0. The van der Waals surface area contributed by atoms with Gasteiger partial charge in [-0.2, -0.15) is 0 Å². The molecule has 0 unspecified atom stereocenters. The van der Waals surface area contributed by atoms with Crippen LogP contribution in [0.3, 0.4) is 0 Å². The van der Waals surface area contributed by atoms with E-state index in [1.165, 1.54) is 5.56 Å². The van der Waals surface area contributed by atoms with Gasteiger partial charge in [-0.3, -0.25) is 0 Å². The fourth-order valence-electron chi connectivity index (χ4n) is 5.12. The third-order valence-electron chi connectivity index (χ3n) is 6.97. The van der Waals surface area contributed by atoms with E-state index in [0.717, 1.165) is 16.7 Å². The number of fused-ring (bicyclic) bond motifs is 1. The summed E-state index contributed by atoms with van der Waals surface area (Å²) in [4.78, 5) is 0. The molecule has 3 fully saturated rings. The lowest BCUT2D eigenvalue weighted by Crippen LogP contribution is -2.62. The Balaban J connectivity index is 1.19. The van der Waals surface area contributed by atoms with Crippen LogP contribution in [-0.4, -0.2) is 49.4 Å². The van der Waals surface area contributed by atoms with Crippen LogP contribution >= 0.6 is 0 Å². The minimum absolute atomic E-state index is 0.259. The highest BCUT2D eigenvalue weighted by Gasteiger charge is 2.62. The van der Waals surface area contributed by atoms with E-state index in [1.54, 1.807) is 0 Å². The predicted octanol–water partition coefficient (Wildman–Crippen LogP) is 5.57. The Kier molecular flexibility index (Phi) is 6.71. The van der Waals surface area contributed by atoms with Gasteiger partial charge in [0.2, 0.25) is 5.79 Å². The average molecular weight is 501 g/mol. The molecule has 0 aromatic heterocycles. The lowest BCUT2D eigenvalue weighted by atomic mass is 9.97. The summed E-state index contributed by atoms with van der Waals surface area (Å²) in [5.74, 6) is -1.84. The van der Waals surface area contributed by atoms with Crippen LogP contribution in [0.1, 0.15) is 25.0 Å². The van der Waals surface area contributed by atoms with Crippen molar-refractivity contribution in [3.63, 3.8) is 0 Å². The first-order valence-electron chi connectivity index (χ1n) is 12.8. The quantitative estimate of drug-likeness (QED) is 0.441. The summed E-state index contributed by atoms with van der Waals surface area (Å²) in [6.07, 6.45) is 2.27. The standard InChI is InChI=1S/C31H32O6/c1-30(2)34-21-31(37-30)29(32-19-23-13-16-25(17-14-23)24-11-7-4-8-12-24)28-26(20-33-31)35-27(36-28)18-15-22-9-5-3-6-10-22/h3-18,26-29H,19-21H2,1-2H3/b18-15+/t26-,27+,28-,29-,31+/m1/s1. The van der Waals surface area contributed by atoms with Gasteiger partial charge in [0, 0.05) is 0 Å². The molecular formula is C31H32O6. The van der Waals surface area contributed by atoms with Crippen molar-refractivity contribution < 1.29 is 28.4 Å². The second-order valence-electron chi connectivity index (χ2n) is 10.1. The molecule has 0 saturated carbocycles. The van der Waals surface area contributed by atoms with Gasteiger partial charge in [0.25, 0.3) is 0 Å². The second kappa shape index (κ2) is 10.1. The molecule has 1 spiro atoms. The van der Waals surface area contributed by atoms with Gasteiger partial charge in [0.15, 0.2) is 12.1 Å². The molecule has 0 amide bonds. The van der Waals surface area contributed by atoms with E-state index >= 15 is 0 Å². The first-order chi connectivity index (χ1) is 18.0. The van der Waals surface area contributed by atoms with E-state index in [4.69, 9.17) is 28.4 Å². The molecule has 0 N–H and O–H groups in total. The molecule has 3 aromatic carbocycles. The second-order valence-corrected chi connectivity index (χ2v) is 10.1. The molecule has 3 aliphatic rings. The van der Waals surface area contributed by atoms with Crippen molar-refractivity contribution in [1.82, 2.24) is 0 Å². The van der Waals surface area contributed by atoms with Gasteiger partial charge < -0.3 is 28.4 Å². The topological polar surface area (TPSA) is 55.4 Å². The molecule has 6 rings (SSSR count). The number of ether oxygens (including phenoxy) is 6. The van der Waals surface area contributed by atoms with Crippen molar-refractivity contribution >= 4 is 6.08 Å². The van der Waals surface area contributed by atoms with Crippen LogP contribution in [0.25, 0.3) is 17.2 Å². The molecule has 3 heterocycles. The predicted molar refractivity (Wildman–Crippen MR) is 139 cm³/mol. The van der Waals surface area contributed by atoms with Crippen LogP contribution in [0.2, 0.25) is 0 Å². The maximum Gasteiger partial charge on any atom is 0.224 e. The average Bonchev–Trinajstić information content (AvgIpc) is 3.48. The van der Waals surface area contributed by atoms with E-state index < -0.39 is 24.0 Å². The van der Waals surface area contributed by atoms with E-state index in [2.05, 4.69) is 36.4 Å². The van der Waals surface area contributed by atoms with Gasteiger partial charge in [-0.1, -0.05) is 91.0 Å². The van der Waals surface area contributed by atoms with Crippen molar-refractivity contribution in [2.45, 2.75) is 56.6 Å². The minimum Gasteiger partial charge on any atom is -0.365 e. The molecule has 6 heteroatoms. The summed E-state index contributed by atoms with van der Waals surface area (Å²) in [5.41, 5.74) is 4.48. The fraction of sp³-hybridized carbons (Fsp3) is 0.355. The van der Waals surface area contributed by atoms with E-state index in [1.807, 2.05) is 74.5 Å². The lowest BCUT2D eigenvalue weighted by molar-refractivity contribution is -0.335. The zero-order valence-corrected chi connectivity index (χ0v) is 21.1. The highest BCUT2D eigenvalue weighted by Crippen LogP contribution is 2.44. The Morgan fingerprint density at radius 2 is 1.54 bits per heavy atom. The van der Waals surface area contributed by atoms with Crippen LogP contribution in [0.15, 0.2) is 91.0 Å². The molecule has 0 radical (unpaired) electrons. The van der Waals surface area contributed by atoms with Crippen LogP contribution < -0.4 is 0 Å². The number of hydrogen-bond acceptors (Lipinski definition) is 6. The van der Waals surface area contributed by atoms with Crippen molar-refractivity contribution in [1.29, 1.82) is 0 Å². The molecule has 6 nitrogen and oxygen atoms in total. The zero-order valence-electron chi connectivity index (χ0n) is 21.1. The Morgan fingerprint density at radius 3 is 2.24 bits per heavy atom. The SMILES string of the molecule is CC1(C)OC[C@]2(OC[C@H]3O[C@H](/C=C/c4ccccc4)O[C@H]3[C@H]2OCc2ccc(-c3ccccc3)cc2)O1. The van der Waals surface area contributed by atoms with Crippen molar-refractivity contribution in [2.24, 2.45) is 0 Å². The largest absolute Gasteiger partial charge is 0.365 e. The molecule has 192 valence electrons.